The van der Waals surface area contributed by atoms with E-state index in [2.05, 4.69) is 12.2 Å². The first-order valence-electron chi connectivity index (χ1n) is 10.3. The summed E-state index contributed by atoms with van der Waals surface area (Å²) in [7, 11) is 0. The summed E-state index contributed by atoms with van der Waals surface area (Å²) >= 11 is 6.16. The van der Waals surface area contributed by atoms with E-state index >= 15 is 0 Å². The predicted molar refractivity (Wildman–Crippen MR) is 120 cm³/mol. The van der Waals surface area contributed by atoms with Crippen molar-refractivity contribution in [2.45, 2.75) is 38.1 Å². The van der Waals surface area contributed by atoms with Crippen molar-refractivity contribution in [2.75, 3.05) is 0 Å². The molecule has 3 nitrogen and oxygen atoms in total. The highest BCUT2D eigenvalue weighted by atomic mass is 35.5. The van der Waals surface area contributed by atoms with E-state index in [4.69, 9.17) is 16.6 Å². The fourth-order valence-corrected chi connectivity index (χ4v) is 4.02. The largest absolute Gasteiger partial charge is 0.508 e. The van der Waals surface area contributed by atoms with Crippen molar-refractivity contribution in [2.24, 2.45) is 4.99 Å². The maximum atomic E-state index is 13.0. The molecule has 0 aliphatic carbocycles. The topological polar surface area (TPSA) is 44.6 Å². The number of halogens is 4. The van der Waals surface area contributed by atoms with Crippen molar-refractivity contribution in [3.05, 3.63) is 99.6 Å². The Morgan fingerprint density at radius 2 is 1.72 bits per heavy atom. The van der Waals surface area contributed by atoms with Crippen molar-refractivity contribution in [3.8, 4) is 5.75 Å². The molecule has 1 aliphatic rings. The smallest absolute Gasteiger partial charge is 0.416 e. The van der Waals surface area contributed by atoms with Crippen molar-refractivity contribution in [1.29, 1.82) is 0 Å². The Hall–Kier alpha value is -2.83. The van der Waals surface area contributed by atoms with Crippen molar-refractivity contribution < 1.29 is 18.3 Å². The van der Waals surface area contributed by atoms with E-state index in [0.717, 1.165) is 29.8 Å². The van der Waals surface area contributed by atoms with Crippen molar-refractivity contribution >= 4 is 17.3 Å². The molecule has 0 unspecified atom stereocenters. The standard InChI is InChI=1S/C25H22ClF3N2O/c1-2-15-3-5-16(6-4-15)21-14-22(20-13-19(26)11-12-23(20)32)31-24(30-21)17-7-9-18(10-8-17)25(27,28)29/h3-13,22,24,31-32H,2,14H2,1H3/t22-,24-/m0/s1. The van der Waals surface area contributed by atoms with Gasteiger partial charge in [-0.15, -0.1) is 0 Å². The Morgan fingerprint density at radius 3 is 2.34 bits per heavy atom. The summed E-state index contributed by atoms with van der Waals surface area (Å²) < 4.78 is 39.0. The van der Waals surface area contributed by atoms with E-state index < -0.39 is 17.9 Å². The van der Waals surface area contributed by atoms with Crippen LogP contribution < -0.4 is 5.32 Å². The van der Waals surface area contributed by atoms with E-state index in [0.29, 0.717) is 22.6 Å². The van der Waals surface area contributed by atoms with Gasteiger partial charge in [-0.3, -0.25) is 10.3 Å². The first kappa shape index (κ1) is 22.4. The molecule has 3 aromatic rings. The second-order valence-corrected chi connectivity index (χ2v) is 8.21. The molecule has 1 heterocycles. The summed E-state index contributed by atoms with van der Waals surface area (Å²) in [6, 6.07) is 17.6. The van der Waals surface area contributed by atoms with Gasteiger partial charge < -0.3 is 5.11 Å². The van der Waals surface area contributed by atoms with E-state index in [1.54, 1.807) is 12.1 Å². The number of benzene rings is 3. The molecule has 1 aliphatic heterocycles. The number of rotatable bonds is 4. The Balaban J connectivity index is 1.73. The molecule has 0 saturated carbocycles. The maximum Gasteiger partial charge on any atom is 0.416 e. The lowest BCUT2D eigenvalue weighted by Crippen LogP contribution is -2.33. The fraction of sp³-hybridized carbons (Fsp3) is 0.240. The minimum atomic E-state index is -4.40. The van der Waals surface area contributed by atoms with Crippen LogP contribution >= 0.6 is 11.6 Å². The quantitative estimate of drug-likeness (QED) is 0.449. The Bertz CT molecular complexity index is 1130. The minimum Gasteiger partial charge on any atom is -0.508 e. The van der Waals surface area contributed by atoms with E-state index in [1.165, 1.54) is 23.8 Å². The van der Waals surface area contributed by atoms with Crippen molar-refractivity contribution in [3.63, 3.8) is 0 Å². The third-order valence-corrected chi connectivity index (χ3v) is 5.89. The summed E-state index contributed by atoms with van der Waals surface area (Å²) in [6.07, 6.45) is -3.56. The van der Waals surface area contributed by atoms with Crippen LogP contribution in [0.2, 0.25) is 5.02 Å². The van der Waals surface area contributed by atoms with Crippen LogP contribution in [0.15, 0.2) is 71.7 Å². The molecule has 0 amide bonds. The third kappa shape index (κ3) is 4.81. The normalized spacial score (nSPS) is 19.0. The summed E-state index contributed by atoms with van der Waals surface area (Å²) in [5.74, 6) is 0.0978. The molecule has 2 N–H and O–H groups in total. The Kier molecular flexibility index (Phi) is 6.26. The van der Waals surface area contributed by atoms with Gasteiger partial charge in [0.2, 0.25) is 0 Å². The zero-order valence-electron chi connectivity index (χ0n) is 17.3. The summed E-state index contributed by atoms with van der Waals surface area (Å²) in [5.41, 5.74) is 3.46. The van der Waals surface area contributed by atoms with Gasteiger partial charge in [0.25, 0.3) is 0 Å². The second kappa shape index (κ2) is 8.96. The van der Waals surface area contributed by atoms with Crippen LogP contribution in [-0.4, -0.2) is 10.8 Å². The van der Waals surface area contributed by atoms with E-state index in [-0.39, 0.29) is 11.8 Å². The zero-order chi connectivity index (χ0) is 22.9. The van der Waals surface area contributed by atoms with Crippen LogP contribution in [0.3, 0.4) is 0 Å². The number of aromatic hydroxyl groups is 1. The summed E-state index contributed by atoms with van der Waals surface area (Å²) in [6.45, 7) is 2.08. The molecule has 0 spiro atoms. The number of hydrogen-bond acceptors (Lipinski definition) is 3. The lowest BCUT2D eigenvalue weighted by Gasteiger charge is -2.31. The van der Waals surface area contributed by atoms with Gasteiger partial charge in [-0.1, -0.05) is 54.9 Å². The molecule has 32 heavy (non-hydrogen) atoms. The molecular formula is C25H22ClF3N2O. The van der Waals surface area contributed by atoms with Crippen LogP contribution in [0.1, 0.15) is 53.4 Å². The molecule has 2 atom stereocenters. The number of alkyl halides is 3. The minimum absolute atomic E-state index is 0.0978. The SMILES string of the molecule is CCc1ccc(C2=N[C@H](c3ccc(C(F)(F)F)cc3)N[C@H](c3cc(Cl)ccc3O)C2)cc1. The third-order valence-electron chi connectivity index (χ3n) is 5.66. The van der Waals surface area contributed by atoms with E-state index in [1.807, 2.05) is 24.3 Å². The summed E-state index contributed by atoms with van der Waals surface area (Å²) in [4.78, 5) is 4.81. The van der Waals surface area contributed by atoms with E-state index in [9.17, 15) is 18.3 Å². The van der Waals surface area contributed by atoms with Gasteiger partial charge in [0.15, 0.2) is 0 Å². The molecule has 0 fully saturated rings. The van der Waals surface area contributed by atoms with Crippen LogP contribution in [0.5, 0.6) is 5.75 Å². The van der Waals surface area contributed by atoms with Crippen LogP contribution in [0, 0.1) is 0 Å². The van der Waals surface area contributed by atoms with Gasteiger partial charge in [0.1, 0.15) is 11.9 Å². The number of hydrogen-bond donors (Lipinski definition) is 2. The van der Waals surface area contributed by atoms with Crippen LogP contribution in [0.4, 0.5) is 13.2 Å². The number of nitrogens with zero attached hydrogens (tertiary/aromatic N) is 1. The van der Waals surface area contributed by atoms with Gasteiger partial charge in [-0.2, -0.15) is 13.2 Å². The first-order chi connectivity index (χ1) is 15.2. The average Bonchev–Trinajstić information content (AvgIpc) is 2.80. The second-order valence-electron chi connectivity index (χ2n) is 7.78. The van der Waals surface area contributed by atoms with Gasteiger partial charge >= 0.3 is 6.18 Å². The molecule has 0 radical (unpaired) electrons. The van der Waals surface area contributed by atoms with Gasteiger partial charge in [-0.25, -0.2) is 0 Å². The lowest BCUT2D eigenvalue weighted by molar-refractivity contribution is -0.137. The van der Waals surface area contributed by atoms with Gasteiger partial charge in [-0.05, 0) is 53.4 Å². The molecule has 166 valence electrons. The molecular weight excluding hydrogens is 437 g/mol. The summed E-state index contributed by atoms with van der Waals surface area (Å²) in [5, 5.41) is 14.3. The van der Waals surface area contributed by atoms with Crippen LogP contribution in [-0.2, 0) is 12.6 Å². The number of nitrogens with one attached hydrogen (secondary N) is 1. The lowest BCUT2D eigenvalue weighted by atomic mass is 9.93. The Morgan fingerprint density at radius 1 is 1.03 bits per heavy atom. The predicted octanol–water partition coefficient (Wildman–Crippen LogP) is 6.85. The highest BCUT2D eigenvalue weighted by molar-refractivity contribution is 6.30. The number of phenolic OH excluding ortho intramolecular Hbond substituents is 1. The maximum absolute atomic E-state index is 13.0. The monoisotopic (exact) mass is 458 g/mol. The molecule has 0 bridgehead atoms. The van der Waals surface area contributed by atoms with Crippen molar-refractivity contribution in [1.82, 2.24) is 5.32 Å². The molecule has 7 heteroatoms. The number of aryl methyl sites for hydroxylation is 1. The van der Waals surface area contributed by atoms with Crippen LogP contribution in [0.25, 0.3) is 0 Å². The number of aliphatic imine (C=N–C) groups is 1. The van der Waals surface area contributed by atoms with Gasteiger partial charge in [0, 0.05) is 28.8 Å². The molecule has 4 rings (SSSR count). The van der Waals surface area contributed by atoms with Gasteiger partial charge in [0.05, 0.1) is 5.56 Å². The average molecular weight is 459 g/mol. The fourth-order valence-electron chi connectivity index (χ4n) is 3.84. The zero-order valence-corrected chi connectivity index (χ0v) is 18.1. The molecule has 0 saturated heterocycles. The molecule has 0 aromatic heterocycles. The Labute approximate surface area is 189 Å². The molecule has 3 aromatic carbocycles. The first-order valence-corrected chi connectivity index (χ1v) is 10.7. The highest BCUT2D eigenvalue weighted by Crippen LogP contribution is 2.36. The number of phenols is 1. The highest BCUT2D eigenvalue weighted by Gasteiger charge is 2.31.